The largest absolute Gasteiger partial charge is 0.502 e. The number of aromatic nitrogens is 1. The van der Waals surface area contributed by atoms with Crippen LogP contribution in [-0.4, -0.2) is 40.4 Å². The average molecular weight is 508 g/mol. The molecule has 4 heterocycles. The third-order valence-corrected chi connectivity index (χ3v) is 7.51. The molecule has 0 unspecified atom stereocenters. The van der Waals surface area contributed by atoms with Crippen LogP contribution in [0.3, 0.4) is 0 Å². The standard InChI is InChI=1S/C26H19F2N3O4S/c27-17-8-7-16-22(20-13-15-5-1-2-6-19(15)36-20)31-14-29(10-3-4-12-35-25(16)21(17)28)26(34)23-24(33)18(32)9-11-30(23)31/h1-9,11,13,22,33H,10,12,14H2/b4-3-/t22-/m1/s1. The van der Waals surface area contributed by atoms with Crippen LogP contribution in [0.2, 0.25) is 0 Å². The number of carbonyl (C=O) groups is 1. The Bertz CT molecular complexity index is 1580. The SMILES string of the molecule is O=C1c2c(O)c(=O)ccn2N2CN1C/C=C\COc1c(ccc(F)c1F)[C@@H]2c1cc2ccccc2s1. The van der Waals surface area contributed by atoms with Crippen LogP contribution in [0.1, 0.15) is 27.0 Å². The highest BCUT2D eigenvalue weighted by atomic mass is 32.1. The summed E-state index contributed by atoms with van der Waals surface area (Å²) >= 11 is 1.47. The highest BCUT2D eigenvalue weighted by Gasteiger charge is 2.38. The fourth-order valence-corrected chi connectivity index (χ4v) is 5.83. The van der Waals surface area contributed by atoms with E-state index < -0.39 is 34.8 Å². The monoisotopic (exact) mass is 507 g/mol. The van der Waals surface area contributed by atoms with E-state index in [0.717, 1.165) is 27.1 Å². The Morgan fingerprint density at radius 3 is 2.72 bits per heavy atom. The Kier molecular flexibility index (Phi) is 5.26. The molecular formula is C26H19F2N3O4S. The van der Waals surface area contributed by atoms with E-state index in [1.54, 1.807) is 17.2 Å². The van der Waals surface area contributed by atoms with E-state index in [2.05, 4.69) is 0 Å². The Labute approximate surface area is 207 Å². The summed E-state index contributed by atoms with van der Waals surface area (Å²) in [6, 6.07) is 12.6. The molecule has 0 radical (unpaired) electrons. The van der Waals surface area contributed by atoms with Crippen molar-refractivity contribution in [3.8, 4) is 11.5 Å². The van der Waals surface area contributed by atoms with E-state index in [9.17, 15) is 19.1 Å². The first-order valence-electron chi connectivity index (χ1n) is 11.2. The van der Waals surface area contributed by atoms with Crippen LogP contribution >= 0.6 is 11.3 Å². The number of pyridine rings is 1. The van der Waals surface area contributed by atoms with E-state index >= 15 is 4.39 Å². The second-order valence-electron chi connectivity index (χ2n) is 8.48. The lowest BCUT2D eigenvalue weighted by Gasteiger charge is -2.43. The second-order valence-corrected chi connectivity index (χ2v) is 9.60. The van der Waals surface area contributed by atoms with Gasteiger partial charge in [-0.05, 0) is 35.7 Å². The van der Waals surface area contributed by atoms with Crippen LogP contribution in [0.4, 0.5) is 8.78 Å². The summed E-state index contributed by atoms with van der Waals surface area (Å²) in [7, 11) is 0. The van der Waals surface area contributed by atoms with Gasteiger partial charge in [0.15, 0.2) is 23.0 Å². The first-order valence-corrected chi connectivity index (χ1v) is 12.0. The molecule has 6 rings (SSSR count). The Morgan fingerprint density at radius 1 is 1.06 bits per heavy atom. The van der Waals surface area contributed by atoms with Gasteiger partial charge in [0.25, 0.3) is 5.91 Å². The Hall–Kier alpha value is -4.18. The number of carbonyl (C=O) groups excluding carboxylic acids is 1. The number of benzene rings is 2. The van der Waals surface area contributed by atoms with Gasteiger partial charge in [0.1, 0.15) is 19.3 Å². The summed E-state index contributed by atoms with van der Waals surface area (Å²) in [4.78, 5) is 27.8. The molecule has 0 saturated heterocycles. The van der Waals surface area contributed by atoms with Crippen LogP contribution in [0, 0.1) is 11.6 Å². The van der Waals surface area contributed by atoms with Gasteiger partial charge in [-0.3, -0.25) is 19.3 Å². The van der Waals surface area contributed by atoms with E-state index in [1.165, 1.54) is 33.2 Å². The molecule has 2 aliphatic rings. The number of hydrogen-bond donors (Lipinski definition) is 1. The quantitative estimate of drug-likeness (QED) is 0.392. The second kappa shape index (κ2) is 8.49. The zero-order valence-corrected chi connectivity index (χ0v) is 19.5. The number of hydrogen-bond acceptors (Lipinski definition) is 6. The zero-order valence-electron chi connectivity index (χ0n) is 18.7. The number of rotatable bonds is 1. The number of amides is 1. The topological polar surface area (TPSA) is 75.0 Å². The van der Waals surface area contributed by atoms with Gasteiger partial charge in [0.2, 0.25) is 11.2 Å². The minimum Gasteiger partial charge on any atom is -0.502 e. The highest BCUT2D eigenvalue weighted by molar-refractivity contribution is 7.19. The first-order chi connectivity index (χ1) is 17.4. The summed E-state index contributed by atoms with van der Waals surface area (Å²) in [6.07, 6.45) is 4.68. The van der Waals surface area contributed by atoms with Gasteiger partial charge in [0.05, 0.1) is 0 Å². The highest BCUT2D eigenvalue weighted by Crippen LogP contribution is 2.42. The predicted molar refractivity (Wildman–Crippen MR) is 131 cm³/mol. The molecular weight excluding hydrogens is 488 g/mol. The van der Waals surface area contributed by atoms with E-state index in [4.69, 9.17) is 4.74 Å². The number of nitrogens with zero attached hydrogens (tertiary/aromatic N) is 3. The zero-order chi connectivity index (χ0) is 25.0. The molecule has 2 aromatic heterocycles. The van der Waals surface area contributed by atoms with Gasteiger partial charge < -0.3 is 14.7 Å². The van der Waals surface area contributed by atoms with E-state index in [1.807, 2.05) is 30.3 Å². The van der Waals surface area contributed by atoms with Crippen molar-refractivity contribution in [1.29, 1.82) is 0 Å². The first kappa shape index (κ1) is 22.3. The maximum absolute atomic E-state index is 15.1. The number of aromatic hydroxyl groups is 1. The van der Waals surface area contributed by atoms with Crippen LogP contribution < -0.4 is 15.2 Å². The summed E-state index contributed by atoms with van der Waals surface area (Å²) in [5.41, 5.74) is -0.543. The maximum Gasteiger partial charge on any atom is 0.278 e. The number of thiophene rings is 1. The van der Waals surface area contributed by atoms with E-state index in [-0.39, 0.29) is 31.3 Å². The van der Waals surface area contributed by atoms with Crippen molar-refractivity contribution >= 4 is 27.3 Å². The molecule has 0 saturated carbocycles. The molecule has 1 atom stereocenters. The van der Waals surface area contributed by atoms with Crippen LogP contribution in [0.15, 0.2) is 71.7 Å². The fraction of sp³-hybridized carbons (Fsp3) is 0.154. The van der Waals surface area contributed by atoms with Crippen molar-refractivity contribution in [2.45, 2.75) is 6.04 Å². The van der Waals surface area contributed by atoms with E-state index in [0.29, 0.717) is 5.56 Å². The van der Waals surface area contributed by atoms with Crippen molar-refractivity contribution in [3.63, 3.8) is 0 Å². The smallest absolute Gasteiger partial charge is 0.278 e. The van der Waals surface area contributed by atoms with Crippen molar-refractivity contribution in [2.24, 2.45) is 0 Å². The van der Waals surface area contributed by atoms with Gasteiger partial charge >= 0.3 is 0 Å². The fourth-order valence-electron chi connectivity index (χ4n) is 4.64. The lowest BCUT2D eigenvalue weighted by Crippen LogP contribution is -2.55. The predicted octanol–water partition coefficient (Wildman–Crippen LogP) is 4.14. The molecule has 0 spiro atoms. The molecule has 36 heavy (non-hydrogen) atoms. The van der Waals surface area contributed by atoms with Crippen molar-refractivity contribution < 1.29 is 23.4 Å². The van der Waals surface area contributed by atoms with Gasteiger partial charge in [-0.25, -0.2) is 4.39 Å². The molecule has 2 aliphatic heterocycles. The van der Waals surface area contributed by atoms with Crippen molar-refractivity contribution in [2.75, 3.05) is 24.8 Å². The Morgan fingerprint density at radius 2 is 1.89 bits per heavy atom. The third-order valence-electron chi connectivity index (χ3n) is 6.34. The van der Waals surface area contributed by atoms with Crippen molar-refractivity contribution in [1.82, 2.24) is 9.58 Å². The molecule has 7 nitrogen and oxygen atoms in total. The normalized spacial score (nSPS) is 18.3. The molecule has 2 bridgehead atoms. The minimum atomic E-state index is -1.11. The molecule has 1 amide bonds. The molecule has 0 fully saturated rings. The molecule has 182 valence electrons. The summed E-state index contributed by atoms with van der Waals surface area (Å²) in [5, 5.41) is 13.3. The molecule has 2 aromatic carbocycles. The van der Waals surface area contributed by atoms with Gasteiger partial charge in [-0.15, -0.1) is 11.3 Å². The van der Waals surface area contributed by atoms with Gasteiger partial charge in [-0.2, -0.15) is 4.39 Å². The lowest BCUT2D eigenvalue weighted by molar-refractivity contribution is 0.0701. The molecule has 0 aliphatic carbocycles. The summed E-state index contributed by atoms with van der Waals surface area (Å²) < 4.78 is 37.6. The van der Waals surface area contributed by atoms with Gasteiger partial charge in [-0.1, -0.05) is 24.3 Å². The van der Waals surface area contributed by atoms with Crippen LogP contribution in [-0.2, 0) is 0 Å². The van der Waals surface area contributed by atoms with Crippen LogP contribution in [0.5, 0.6) is 11.5 Å². The van der Waals surface area contributed by atoms with Crippen LogP contribution in [0.25, 0.3) is 10.1 Å². The lowest BCUT2D eigenvalue weighted by atomic mass is 10.0. The number of ether oxygens (including phenoxy) is 1. The summed E-state index contributed by atoms with van der Waals surface area (Å²) in [6.45, 7) is 0.175. The Balaban J connectivity index is 1.67. The summed E-state index contributed by atoms with van der Waals surface area (Å²) in [5.74, 6) is -3.59. The van der Waals surface area contributed by atoms with Gasteiger partial charge in [0, 0.05) is 33.9 Å². The molecule has 1 N–H and O–H groups in total. The maximum atomic E-state index is 15.1. The molecule has 4 aromatic rings. The molecule has 10 heteroatoms. The minimum absolute atomic E-state index is 0.0371. The third kappa shape index (κ3) is 3.44. The average Bonchev–Trinajstić information content (AvgIpc) is 3.29. The number of fused-ring (bicyclic) bond motifs is 6. The van der Waals surface area contributed by atoms with Crippen molar-refractivity contribution in [3.05, 3.63) is 105 Å². The number of halogens is 2.